The molecule has 0 bridgehead atoms. The van der Waals surface area contributed by atoms with Gasteiger partial charge in [0.2, 0.25) is 5.91 Å². The van der Waals surface area contributed by atoms with Crippen LogP contribution in [0, 0.1) is 22.7 Å². The summed E-state index contributed by atoms with van der Waals surface area (Å²) in [6, 6.07) is 8.33. The van der Waals surface area contributed by atoms with Crippen LogP contribution in [0.25, 0.3) is 10.6 Å². The van der Waals surface area contributed by atoms with E-state index >= 15 is 0 Å². The van der Waals surface area contributed by atoms with Gasteiger partial charge in [-0.05, 0) is 53.7 Å². The van der Waals surface area contributed by atoms with E-state index < -0.39 is 0 Å². The van der Waals surface area contributed by atoms with Gasteiger partial charge in [0.1, 0.15) is 11.1 Å². The van der Waals surface area contributed by atoms with Crippen molar-refractivity contribution in [3.63, 3.8) is 0 Å². The summed E-state index contributed by atoms with van der Waals surface area (Å²) in [6.07, 6.45) is 3.40. The van der Waals surface area contributed by atoms with Crippen LogP contribution in [0.1, 0.15) is 50.4 Å². The molecule has 0 spiro atoms. The number of rotatable bonds is 6. The van der Waals surface area contributed by atoms with Crippen LogP contribution in [0.15, 0.2) is 34.0 Å². The van der Waals surface area contributed by atoms with E-state index in [9.17, 15) is 10.1 Å². The minimum absolute atomic E-state index is 0.0749. The highest BCUT2D eigenvalue weighted by Gasteiger charge is 2.30. The molecule has 0 aromatic carbocycles. The predicted molar refractivity (Wildman–Crippen MR) is 133 cm³/mol. The Bertz CT molecular complexity index is 1140. The number of hydrogen-bond donors (Lipinski definition) is 1. The van der Waals surface area contributed by atoms with Gasteiger partial charge in [0.25, 0.3) is 0 Å². The van der Waals surface area contributed by atoms with Crippen LogP contribution >= 0.6 is 34.4 Å². The lowest BCUT2D eigenvalue weighted by Gasteiger charge is -2.34. The molecule has 0 radical (unpaired) electrons. The molecule has 8 heteroatoms. The lowest BCUT2D eigenvalue weighted by molar-refractivity contribution is -0.115. The molecule has 1 aliphatic rings. The molecule has 1 aliphatic carbocycles. The topological polar surface area (TPSA) is 78.7 Å². The SMILES string of the molecule is CC(C)(C)C1CCc2nc(SCCC(=O)Nc3nc(-c4cccs4)cs3)c(C#N)cc2C1. The fraction of sp³-hybridized carbons (Fsp3) is 0.417. The third-order valence-electron chi connectivity index (χ3n) is 5.79. The molecular weight excluding hydrogens is 456 g/mol. The van der Waals surface area contributed by atoms with Crippen LogP contribution in [0.3, 0.4) is 0 Å². The van der Waals surface area contributed by atoms with Crippen LogP contribution in [0.5, 0.6) is 0 Å². The summed E-state index contributed by atoms with van der Waals surface area (Å²) in [5.74, 6) is 1.10. The first-order valence-electron chi connectivity index (χ1n) is 10.7. The number of aromatic nitrogens is 2. The van der Waals surface area contributed by atoms with E-state index in [0.29, 0.717) is 28.8 Å². The van der Waals surface area contributed by atoms with Gasteiger partial charge in [-0.2, -0.15) is 5.26 Å². The molecule has 0 saturated carbocycles. The number of carbonyl (C=O) groups is 1. The number of fused-ring (bicyclic) bond motifs is 1. The summed E-state index contributed by atoms with van der Waals surface area (Å²) in [4.78, 5) is 22.8. The third-order valence-corrected chi connectivity index (χ3v) is 8.43. The lowest BCUT2D eigenvalue weighted by Crippen LogP contribution is -2.27. The highest BCUT2D eigenvalue weighted by molar-refractivity contribution is 7.99. The number of carbonyl (C=O) groups excluding carboxylic acids is 1. The summed E-state index contributed by atoms with van der Waals surface area (Å²) >= 11 is 4.54. The van der Waals surface area contributed by atoms with Gasteiger partial charge in [-0.3, -0.25) is 4.79 Å². The second-order valence-corrected chi connectivity index (χ2v) is 11.9. The summed E-state index contributed by atoms with van der Waals surface area (Å²) < 4.78 is 0. The minimum Gasteiger partial charge on any atom is -0.302 e. The molecule has 32 heavy (non-hydrogen) atoms. The van der Waals surface area contributed by atoms with Crippen LogP contribution in [-0.2, 0) is 17.6 Å². The number of thiophene rings is 1. The van der Waals surface area contributed by atoms with E-state index in [1.807, 2.05) is 29.0 Å². The normalized spacial score (nSPS) is 15.8. The summed E-state index contributed by atoms with van der Waals surface area (Å²) in [5, 5.41) is 17.8. The molecule has 166 valence electrons. The molecule has 3 aromatic rings. The van der Waals surface area contributed by atoms with Crippen molar-refractivity contribution >= 4 is 45.5 Å². The van der Waals surface area contributed by atoms with E-state index in [-0.39, 0.29) is 11.3 Å². The molecule has 0 aliphatic heterocycles. The summed E-state index contributed by atoms with van der Waals surface area (Å²) in [7, 11) is 0. The highest BCUT2D eigenvalue weighted by Crippen LogP contribution is 2.38. The molecule has 1 atom stereocenters. The number of amides is 1. The number of thiazole rings is 1. The number of nitrogens with one attached hydrogen (secondary N) is 1. The molecule has 3 aromatic heterocycles. The molecule has 4 rings (SSSR count). The molecule has 5 nitrogen and oxygen atoms in total. The van der Waals surface area contributed by atoms with Gasteiger partial charge in [0, 0.05) is 23.2 Å². The van der Waals surface area contributed by atoms with E-state index in [4.69, 9.17) is 4.98 Å². The van der Waals surface area contributed by atoms with Gasteiger partial charge >= 0.3 is 0 Å². The van der Waals surface area contributed by atoms with E-state index in [2.05, 4.69) is 37.1 Å². The summed E-state index contributed by atoms with van der Waals surface area (Å²) in [5.41, 5.74) is 4.08. The maximum absolute atomic E-state index is 12.4. The average molecular weight is 483 g/mol. The van der Waals surface area contributed by atoms with Crippen molar-refractivity contribution in [2.45, 2.75) is 51.5 Å². The predicted octanol–water partition coefficient (Wildman–Crippen LogP) is 6.41. The first-order chi connectivity index (χ1) is 15.3. The van der Waals surface area contributed by atoms with Crippen molar-refractivity contribution in [2.75, 3.05) is 11.1 Å². The monoisotopic (exact) mass is 482 g/mol. The Morgan fingerprint density at radius 1 is 1.34 bits per heavy atom. The van der Waals surface area contributed by atoms with Crippen LogP contribution in [-0.4, -0.2) is 21.6 Å². The van der Waals surface area contributed by atoms with Crippen molar-refractivity contribution < 1.29 is 4.79 Å². The van der Waals surface area contributed by atoms with E-state index in [1.54, 1.807) is 11.3 Å². The molecule has 3 heterocycles. The zero-order chi connectivity index (χ0) is 22.7. The number of aryl methyl sites for hydroxylation is 1. The van der Waals surface area contributed by atoms with Gasteiger partial charge in [-0.1, -0.05) is 26.8 Å². The zero-order valence-electron chi connectivity index (χ0n) is 18.5. The van der Waals surface area contributed by atoms with Crippen molar-refractivity contribution in [3.05, 3.63) is 45.8 Å². The molecule has 0 fully saturated rings. The second kappa shape index (κ2) is 9.74. The maximum Gasteiger partial charge on any atom is 0.226 e. The van der Waals surface area contributed by atoms with Gasteiger partial charge < -0.3 is 5.32 Å². The van der Waals surface area contributed by atoms with Crippen molar-refractivity contribution in [3.8, 4) is 16.6 Å². The number of nitriles is 1. The van der Waals surface area contributed by atoms with Crippen LogP contribution < -0.4 is 5.32 Å². The quantitative estimate of drug-likeness (QED) is 0.411. The van der Waals surface area contributed by atoms with Gasteiger partial charge in [0.15, 0.2) is 5.13 Å². The molecule has 1 amide bonds. The first-order valence-corrected chi connectivity index (χ1v) is 13.4. The second-order valence-electron chi connectivity index (χ2n) is 9.03. The number of thioether (sulfide) groups is 1. The van der Waals surface area contributed by atoms with Gasteiger partial charge in [-0.25, -0.2) is 9.97 Å². The van der Waals surface area contributed by atoms with Crippen molar-refractivity contribution in [1.29, 1.82) is 5.26 Å². The largest absolute Gasteiger partial charge is 0.302 e. The Balaban J connectivity index is 1.34. The zero-order valence-corrected chi connectivity index (χ0v) is 20.9. The van der Waals surface area contributed by atoms with E-state index in [1.165, 1.54) is 28.7 Å². The number of pyridine rings is 1. The number of hydrogen-bond acceptors (Lipinski definition) is 7. The Kier molecular flexibility index (Phi) is 6.99. The van der Waals surface area contributed by atoms with Crippen LogP contribution in [0.4, 0.5) is 5.13 Å². The number of nitrogens with zero attached hydrogens (tertiary/aromatic N) is 3. The van der Waals surface area contributed by atoms with Gasteiger partial charge in [-0.15, -0.1) is 34.4 Å². The number of anilines is 1. The Morgan fingerprint density at radius 3 is 2.91 bits per heavy atom. The Hall–Kier alpha value is -2.21. The average Bonchev–Trinajstić information content (AvgIpc) is 3.44. The fourth-order valence-electron chi connectivity index (χ4n) is 3.87. The van der Waals surface area contributed by atoms with Crippen LogP contribution in [0.2, 0.25) is 0 Å². The van der Waals surface area contributed by atoms with E-state index in [0.717, 1.165) is 40.6 Å². The highest BCUT2D eigenvalue weighted by atomic mass is 32.2. The molecule has 0 saturated heterocycles. The molecule has 1 unspecified atom stereocenters. The molecule has 1 N–H and O–H groups in total. The Morgan fingerprint density at radius 2 is 2.19 bits per heavy atom. The maximum atomic E-state index is 12.4. The fourth-order valence-corrected chi connectivity index (χ4v) is 6.27. The molecular formula is C24H26N4OS3. The van der Waals surface area contributed by atoms with Crippen molar-refractivity contribution in [2.24, 2.45) is 11.3 Å². The first kappa shape index (κ1) is 23.0. The lowest BCUT2D eigenvalue weighted by atomic mass is 9.71. The minimum atomic E-state index is -0.0749. The Labute approximate surface area is 201 Å². The third kappa shape index (κ3) is 5.40. The van der Waals surface area contributed by atoms with Gasteiger partial charge in [0.05, 0.1) is 16.1 Å². The summed E-state index contributed by atoms with van der Waals surface area (Å²) in [6.45, 7) is 6.85. The standard InChI is InChI=1S/C24H26N4OS3/c1-24(2,3)17-6-7-18-15(12-17)11-16(13-25)22(26-18)31-10-8-21(29)28-23-27-19(14-32-23)20-5-4-9-30-20/h4-5,9,11,14,17H,6-8,10,12H2,1-3H3,(H,27,28,29). The smallest absolute Gasteiger partial charge is 0.226 e. The van der Waals surface area contributed by atoms with Crippen molar-refractivity contribution in [1.82, 2.24) is 9.97 Å².